The number of rotatable bonds is 4. The lowest BCUT2D eigenvalue weighted by Crippen LogP contribution is -2.12. The summed E-state index contributed by atoms with van der Waals surface area (Å²) in [6.45, 7) is 0.675. The predicted octanol–water partition coefficient (Wildman–Crippen LogP) is 1.47. The largest absolute Gasteiger partial charge is 0.330 e. The van der Waals surface area contributed by atoms with Crippen LogP contribution < -0.4 is 11.5 Å². The molecule has 0 aliphatic carbocycles. The highest BCUT2D eigenvalue weighted by Gasteiger charge is 2.04. The van der Waals surface area contributed by atoms with Gasteiger partial charge in [-0.3, -0.25) is 0 Å². The number of hydrogen-bond donors (Lipinski definition) is 2. The van der Waals surface area contributed by atoms with Crippen LogP contribution in [0.25, 0.3) is 0 Å². The van der Waals surface area contributed by atoms with Gasteiger partial charge in [0.05, 0.1) is 0 Å². The van der Waals surface area contributed by atoms with E-state index in [1.165, 1.54) is 0 Å². The minimum atomic E-state index is 0.0216. The highest BCUT2D eigenvalue weighted by molar-refractivity contribution is 6.29. The number of nitrogens with zero attached hydrogens (tertiary/aromatic N) is 1. The van der Waals surface area contributed by atoms with Crippen LogP contribution in [-0.4, -0.2) is 11.5 Å². The molecule has 4 heteroatoms. The highest BCUT2D eigenvalue weighted by atomic mass is 35.5. The van der Waals surface area contributed by atoms with Crippen molar-refractivity contribution in [2.24, 2.45) is 11.5 Å². The second-order valence-electron chi connectivity index (χ2n) is 2.95. The zero-order chi connectivity index (χ0) is 9.68. The van der Waals surface area contributed by atoms with Gasteiger partial charge in [0.1, 0.15) is 5.15 Å². The maximum absolute atomic E-state index is 5.89. The van der Waals surface area contributed by atoms with Gasteiger partial charge in [-0.05, 0) is 31.0 Å². The Labute approximate surface area is 83.1 Å². The van der Waals surface area contributed by atoms with Gasteiger partial charge in [-0.2, -0.15) is 0 Å². The molecule has 0 saturated heterocycles. The van der Waals surface area contributed by atoms with Crippen molar-refractivity contribution < 1.29 is 0 Å². The van der Waals surface area contributed by atoms with Crippen LogP contribution >= 0.6 is 11.6 Å². The van der Waals surface area contributed by atoms with Crippen LogP contribution in [0, 0.1) is 0 Å². The summed E-state index contributed by atoms with van der Waals surface area (Å²) in [6.07, 6.45) is 3.53. The third kappa shape index (κ3) is 3.30. The first-order chi connectivity index (χ1) is 6.24. The van der Waals surface area contributed by atoms with Gasteiger partial charge in [0, 0.05) is 12.2 Å². The molecular weight excluding hydrogens is 186 g/mol. The summed E-state index contributed by atoms with van der Waals surface area (Å²) < 4.78 is 0. The lowest BCUT2D eigenvalue weighted by molar-refractivity contribution is 0.616. The number of pyridine rings is 1. The quantitative estimate of drug-likeness (QED) is 0.722. The fourth-order valence-electron chi connectivity index (χ4n) is 1.11. The maximum atomic E-state index is 5.89. The monoisotopic (exact) mass is 199 g/mol. The summed E-state index contributed by atoms with van der Waals surface area (Å²) in [5.41, 5.74) is 12.3. The van der Waals surface area contributed by atoms with Gasteiger partial charge < -0.3 is 11.5 Å². The van der Waals surface area contributed by atoms with Crippen LogP contribution in [0.15, 0.2) is 18.3 Å². The molecule has 0 aliphatic rings. The molecule has 4 N–H and O–H groups in total. The van der Waals surface area contributed by atoms with Crippen molar-refractivity contribution in [3.8, 4) is 0 Å². The molecule has 72 valence electrons. The molecule has 0 aromatic carbocycles. The number of hydrogen-bond acceptors (Lipinski definition) is 3. The van der Waals surface area contributed by atoms with Crippen molar-refractivity contribution in [1.82, 2.24) is 4.98 Å². The smallest absolute Gasteiger partial charge is 0.129 e. The molecule has 1 aromatic rings. The Bertz CT molecular complexity index is 248. The molecule has 0 spiro atoms. The molecule has 1 heterocycles. The van der Waals surface area contributed by atoms with Crippen molar-refractivity contribution in [2.45, 2.75) is 18.9 Å². The first-order valence-corrected chi connectivity index (χ1v) is 4.69. The Morgan fingerprint density at radius 3 is 2.77 bits per heavy atom. The van der Waals surface area contributed by atoms with Crippen molar-refractivity contribution in [3.05, 3.63) is 29.0 Å². The molecule has 0 amide bonds. The highest BCUT2D eigenvalue weighted by Crippen LogP contribution is 2.15. The van der Waals surface area contributed by atoms with Crippen molar-refractivity contribution in [2.75, 3.05) is 6.54 Å². The van der Waals surface area contributed by atoms with Crippen LogP contribution in [0.3, 0.4) is 0 Å². The normalized spacial score (nSPS) is 12.8. The molecular formula is C9H14ClN3. The zero-order valence-corrected chi connectivity index (χ0v) is 8.17. The van der Waals surface area contributed by atoms with Gasteiger partial charge >= 0.3 is 0 Å². The molecule has 1 atom stereocenters. The summed E-state index contributed by atoms with van der Waals surface area (Å²) in [7, 11) is 0. The van der Waals surface area contributed by atoms with Gasteiger partial charge in [-0.1, -0.05) is 17.7 Å². The fraction of sp³-hybridized carbons (Fsp3) is 0.444. The van der Waals surface area contributed by atoms with E-state index in [2.05, 4.69) is 4.98 Å². The molecule has 13 heavy (non-hydrogen) atoms. The van der Waals surface area contributed by atoms with E-state index in [1.54, 1.807) is 12.3 Å². The molecule has 0 aliphatic heterocycles. The third-order valence-corrected chi connectivity index (χ3v) is 2.12. The minimum Gasteiger partial charge on any atom is -0.330 e. The minimum absolute atomic E-state index is 0.0216. The number of aromatic nitrogens is 1. The summed E-state index contributed by atoms with van der Waals surface area (Å²) in [5.74, 6) is 0. The standard InChI is InChI=1S/C9H14ClN3/c10-9-4-3-7(6-13-9)8(12)2-1-5-11/h3-4,6,8H,1-2,5,11-12H2/t8-/m0/s1. The Hall–Kier alpha value is -0.640. The van der Waals surface area contributed by atoms with Crippen LogP contribution in [-0.2, 0) is 0 Å². The van der Waals surface area contributed by atoms with Gasteiger partial charge in [0.15, 0.2) is 0 Å². The Kier molecular flexibility index (Phi) is 4.15. The molecule has 0 bridgehead atoms. The molecule has 0 saturated carbocycles. The molecule has 0 unspecified atom stereocenters. The molecule has 1 rings (SSSR count). The summed E-state index contributed by atoms with van der Waals surface area (Å²) in [5, 5.41) is 0.495. The topological polar surface area (TPSA) is 64.9 Å². The molecule has 0 fully saturated rings. The maximum Gasteiger partial charge on any atom is 0.129 e. The Morgan fingerprint density at radius 2 is 2.23 bits per heavy atom. The van der Waals surface area contributed by atoms with Crippen LogP contribution in [0.5, 0.6) is 0 Å². The van der Waals surface area contributed by atoms with Crippen molar-refractivity contribution >= 4 is 11.6 Å². The van der Waals surface area contributed by atoms with Gasteiger partial charge in [-0.25, -0.2) is 4.98 Å². The average molecular weight is 200 g/mol. The van der Waals surface area contributed by atoms with Crippen LogP contribution in [0.4, 0.5) is 0 Å². The van der Waals surface area contributed by atoms with Crippen LogP contribution in [0.2, 0.25) is 5.15 Å². The number of nitrogens with two attached hydrogens (primary N) is 2. The first kappa shape index (κ1) is 10.4. The van der Waals surface area contributed by atoms with Gasteiger partial charge in [-0.15, -0.1) is 0 Å². The predicted molar refractivity (Wildman–Crippen MR) is 54.5 cm³/mol. The SMILES string of the molecule is NCCC[C@H](N)c1ccc(Cl)nc1. The van der Waals surface area contributed by atoms with Gasteiger partial charge in [0.2, 0.25) is 0 Å². The van der Waals surface area contributed by atoms with Crippen LogP contribution in [0.1, 0.15) is 24.4 Å². The van der Waals surface area contributed by atoms with E-state index in [4.69, 9.17) is 23.1 Å². The lowest BCUT2D eigenvalue weighted by Gasteiger charge is -2.10. The number of halogens is 1. The van der Waals surface area contributed by atoms with E-state index < -0.39 is 0 Å². The van der Waals surface area contributed by atoms with E-state index >= 15 is 0 Å². The second kappa shape index (κ2) is 5.17. The molecule has 3 nitrogen and oxygen atoms in total. The fourth-order valence-corrected chi connectivity index (χ4v) is 1.22. The second-order valence-corrected chi connectivity index (χ2v) is 3.34. The Morgan fingerprint density at radius 1 is 1.46 bits per heavy atom. The summed E-state index contributed by atoms with van der Waals surface area (Å²) in [6, 6.07) is 3.67. The average Bonchev–Trinajstić information content (AvgIpc) is 2.15. The third-order valence-electron chi connectivity index (χ3n) is 1.90. The van der Waals surface area contributed by atoms with E-state index in [1.807, 2.05) is 6.07 Å². The first-order valence-electron chi connectivity index (χ1n) is 4.31. The molecule has 0 radical (unpaired) electrons. The van der Waals surface area contributed by atoms with Crippen molar-refractivity contribution in [1.29, 1.82) is 0 Å². The van der Waals surface area contributed by atoms with E-state index in [9.17, 15) is 0 Å². The zero-order valence-electron chi connectivity index (χ0n) is 7.41. The molecule has 1 aromatic heterocycles. The summed E-state index contributed by atoms with van der Waals surface area (Å²) in [4.78, 5) is 3.96. The summed E-state index contributed by atoms with van der Waals surface area (Å²) >= 11 is 5.65. The lowest BCUT2D eigenvalue weighted by atomic mass is 10.1. The van der Waals surface area contributed by atoms with E-state index in [-0.39, 0.29) is 6.04 Å². The van der Waals surface area contributed by atoms with Crippen molar-refractivity contribution in [3.63, 3.8) is 0 Å². The van der Waals surface area contributed by atoms with E-state index in [0.717, 1.165) is 18.4 Å². The van der Waals surface area contributed by atoms with E-state index in [0.29, 0.717) is 11.7 Å². The Balaban J connectivity index is 2.55. The van der Waals surface area contributed by atoms with Gasteiger partial charge in [0.25, 0.3) is 0 Å².